The van der Waals surface area contributed by atoms with Gasteiger partial charge in [0.15, 0.2) is 0 Å². The van der Waals surface area contributed by atoms with Gasteiger partial charge in [0.2, 0.25) is 5.89 Å². The lowest BCUT2D eigenvalue weighted by atomic mass is 10.2. The Morgan fingerprint density at radius 2 is 2.05 bits per heavy atom. The quantitative estimate of drug-likeness (QED) is 0.728. The number of benzene rings is 1. The highest BCUT2D eigenvalue weighted by atomic mass is 32.1. The summed E-state index contributed by atoms with van der Waals surface area (Å²) in [5, 5.41) is 11.0. The first-order valence-electron chi connectivity index (χ1n) is 5.83. The molecule has 0 bridgehead atoms. The molecule has 0 atom stereocenters. The number of hydrogen-bond acceptors (Lipinski definition) is 4. The molecule has 2 heterocycles. The molecule has 3 rings (SSSR count). The standard InChI is InChI=1S/C13H12N4OS/c1-8-5-3-4-6-11(8)17-9(2)10(7-14-17)12-15-16-13(19)18-12/h3-7H,1-2H3,(H,16,19). The highest BCUT2D eigenvalue weighted by molar-refractivity contribution is 7.71. The van der Waals surface area contributed by atoms with E-state index in [-0.39, 0.29) is 4.84 Å². The van der Waals surface area contributed by atoms with Crippen LogP contribution in [0.3, 0.4) is 0 Å². The molecule has 1 aromatic carbocycles. The van der Waals surface area contributed by atoms with Crippen molar-refractivity contribution in [2.45, 2.75) is 13.8 Å². The summed E-state index contributed by atoms with van der Waals surface area (Å²) >= 11 is 4.89. The minimum Gasteiger partial charge on any atom is -0.409 e. The smallest absolute Gasteiger partial charge is 0.284 e. The van der Waals surface area contributed by atoms with E-state index in [1.807, 2.05) is 29.8 Å². The Kier molecular flexibility index (Phi) is 2.79. The molecule has 0 aliphatic rings. The SMILES string of the molecule is Cc1ccccc1-n1ncc(-c2n[nH]c(=S)o2)c1C. The third-order valence-electron chi connectivity index (χ3n) is 3.02. The van der Waals surface area contributed by atoms with Crippen LogP contribution in [0.2, 0.25) is 0 Å². The van der Waals surface area contributed by atoms with E-state index in [4.69, 9.17) is 16.6 Å². The van der Waals surface area contributed by atoms with Gasteiger partial charge in [0.05, 0.1) is 23.1 Å². The highest BCUT2D eigenvalue weighted by Gasteiger charge is 2.14. The molecule has 0 saturated carbocycles. The molecule has 0 aliphatic heterocycles. The summed E-state index contributed by atoms with van der Waals surface area (Å²) in [6.45, 7) is 4.03. The Morgan fingerprint density at radius 1 is 1.26 bits per heavy atom. The lowest BCUT2D eigenvalue weighted by Crippen LogP contribution is -2.01. The average molecular weight is 272 g/mol. The van der Waals surface area contributed by atoms with E-state index in [9.17, 15) is 0 Å². The zero-order chi connectivity index (χ0) is 13.4. The van der Waals surface area contributed by atoms with Crippen molar-refractivity contribution in [1.29, 1.82) is 0 Å². The largest absolute Gasteiger partial charge is 0.409 e. The molecular weight excluding hydrogens is 260 g/mol. The molecule has 0 amide bonds. The van der Waals surface area contributed by atoms with Gasteiger partial charge in [-0.25, -0.2) is 9.78 Å². The van der Waals surface area contributed by atoms with Gasteiger partial charge in [-0.3, -0.25) is 0 Å². The molecule has 2 aromatic heterocycles. The Bertz CT molecular complexity index is 784. The van der Waals surface area contributed by atoms with Crippen LogP contribution in [-0.2, 0) is 0 Å². The Morgan fingerprint density at radius 3 is 2.74 bits per heavy atom. The fraction of sp³-hybridized carbons (Fsp3) is 0.154. The first-order valence-corrected chi connectivity index (χ1v) is 6.24. The van der Waals surface area contributed by atoms with Crippen LogP contribution in [0.25, 0.3) is 17.1 Å². The number of nitrogens with one attached hydrogen (secondary N) is 1. The molecule has 0 spiro atoms. The van der Waals surface area contributed by atoms with Gasteiger partial charge in [0.1, 0.15) is 0 Å². The van der Waals surface area contributed by atoms with Crippen LogP contribution >= 0.6 is 12.2 Å². The van der Waals surface area contributed by atoms with E-state index in [2.05, 4.69) is 28.3 Å². The molecule has 5 nitrogen and oxygen atoms in total. The van der Waals surface area contributed by atoms with Crippen LogP contribution in [0, 0.1) is 18.7 Å². The zero-order valence-electron chi connectivity index (χ0n) is 10.5. The van der Waals surface area contributed by atoms with E-state index >= 15 is 0 Å². The van der Waals surface area contributed by atoms with Crippen LogP contribution in [0.5, 0.6) is 0 Å². The zero-order valence-corrected chi connectivity index (χ0v) is 11.4. The van der Waals surface area contributed by atoms with Crippen molar-refractivity contribution in [3.63, 3.8) is 0 Å². The molecule has 96 valence electrons. The van der Waals surface area contributed by atoms with Crippen molar-refractivity contribution < 1.29 is 4.42 Å². The number of aromatic amines is 1. The summed E-state index contributed by atoms with van der Waals surface area (Å²) in [7, 11) is 0. The number of aryl methyl sites for hydroxylation is 1. The Labute approximate surface area is 114 Å². The molecule has 6 heteroatoms. The van der Waals surface area contributed by atoms with E-state index in [0.29, 0.717) is 5.89 Å². The van der Waals surface area contributed by atoms with Gasteiger partial charge in [-0.05, 0) is 37.7 Å². The van der Waals surface area contributed by atoms with Crippen LogP contribution in [0.1, 0.15) is 11.3 Å². The average Bonchev–Trinajstić information content (AvgIpc) is 2.97. The first-order chi connectivity index (χ1) is 9.16. The maximum Gasteiger partial charge on any atom is 0.284 e. The van der Waals surface area contributed by atoms with Crippen molar-refractivity contribution in [1.82, 2.24) is 20.0 Å². The lowest BCUT2D eigenvalue weighted by molar-refractivity contribution is 0.551. The van der Waals surface area contributed by atoms with Gasteiger partial charge < -0.3 is 4.42 Å². The van der Waals surface area contributed by atoms with Crippen molar-refractivity contribution in [3.8, 4) is 17.1 Å². The van der Waals surface area contributed by atoms with Gasteiger partial charge in [0, 0.05) is 0 Å². The molecule has 0 unspecified atom stereocenters. The molecule has 0 aliphatic carbocycles. The van der Waals surface area contributed by atoms with Gasteiger partial charge in [-0.15, -0.1) is 5.10 Å². The van der Waals surface area contributed by atoms with Crippen molar-refractivity contribution >= 4 is 12.2 Å². The lowest BCUT2D eigenvalue weighted by Gasteiger charge is -2.07. The minimum absolute atomic E-state index is 0.262. The molecular formula is C13H12N4OS. The second kappa shape index (κ2) is 4.47. The normalized spacial score (nSPS) is 10.8. The number of aromatic nitrogens is 4. The molecule has 3 aromatic rings. The van der Waals surface area contributed by atoms with Crippen molar-refractivity contribution in [3.05, 3.63) is 46.6 Å². The maximum absolute atomic E-state index is 5.32. The van der Waals surface area contributed by atoms with Crippen LogP contribution < -0.4 is 0 Å². The fourth-order valence-corrected chi connectivity index (χ4v) is 2.13. The first kappa shape index (κ1) is 11.9. The number of rotatable bonds is 2. The van der Waals surface area contributed by atoms with E-state index < -0.39 is 0 Å². The number of hydrogen-bond donors (Lipinski definition) is 1. The number of nitrogens with zero attached hydrogens (tertiary/aromatic N) is 3. The van der Waals surface area contributed by atoms with E-state index in [1.54, 1.807) is 6.20 Å². The summed E-state index contributed by atoms with van der Waals surface area (Å²) < 4.78 is 7.20. The molecule has 1 N–H and O–H groups in total. The summed E-state index contributed by atoms with van der Waals surface area (Å²) in [6, 6.07) is 8.07. The van der Waals surface area contributed by atoms with Crippen molar-refractivity contribution in [2.24, 2.45) is 0 Å². The van der Waals surface area contributed by atoms with Gasteiger partial charge in [-0.2, -0.15) is 5.10 Å². The fourth-order valence-electron chi connectivity index (χ4n) is 2.01. The summed E-state index contributed by atoms with van der Waals surface area (Å²) in [4.78, 5) is 0.262. The monoisotopic (exact) mass is 272 g/mol. The minimum atomic E-state index is 0.262. The maximum atomic E-state index is 5.32. The third kappa shape index (κ3) is 2.00. The molecule has 0 radical (unpaired) electrons. The van der Waals surface area contributed by atoms with Crippen molar-refractivity contribution in [2.75, 3.05) is 0 Å². The Hall–Kier alpha value is -2.21. The van der Waals surface area contributed by atoms with Gasteiger partial charge in [-0.1, -0.05) is 18.2 Å². The Balaban J connectivity index is 2.14. The van der Waals surface area contributed by atoms with Gasteiger partial charge in [0.25, 0.3) is 4.84 Å². The highest BCUT2D eigenvalue weighted by Crippen LogP contribution is 2.24. The number of para-hydroxylation sites is 1. The molecule has 0 fully saturated rings. The van der Waals surface area contributed by atoms with E-state index in [0.717, 1.165) is 22.5 Å². The predicted octanol–water partition coefficient (Wildman–Crippen LogP) is 3.20. The molecule has 19 heavy (non-hydrogen) atoms. The molecule has 0 saturated heterocycles. The van der Waals surface area contributed by atoms with E-state index in [1.165, 1.54) is 0 Å². The summed E-state index contributed by atoms with van der Waals surface area (Å²) in [6.07, 6.45) is 1.73. The predicted molar refractivity (Wildman–Crippen MR) is 73.7 cm³/mol. The summed E-state index contributed by atoms with van der Waals surface area (Å²) in [5.41, 5.74) is 3.98. The second-order valence-electron chi connectivity index (χ2n) is 4.26. The van der Waals surface area contributed by atoms with Gasteiger partial charge >= 0.3 is 0 Å². The topological polar surface area (TPSA) is 59.6 Å². The van der Waals surface area contributed by atoms with Crippen LogP contribution in [-0.4, -0.2) is 20.0 Å². The van der Waals surface area contributed by atoms with Crippen LogP contribution in [0.4, 0.5) is 0 Å². The third-order valence-corrected chi connectivity index (χ3v) is 3.20. The number of H-pyrrole nitrogens is 1. The summed E-state index contributed by atoms with van der Waals surface area (Å²) in [5.74, 6) is 0.460. The van der Waals surface area contributed by atoms with Crippen LogP contribution in [0.15, 0.2) is 34.9 Å². The second-order valence-corrected chi connectivity index (χ2v) is 4.63.